The molecule has 1 amide bonds. The average molecular weight is 491 g/mol. The number of nitrogens with zero attached hydrogens (tertiary/aromatic N) is 1. The topological polar surface area (TPSA) is 111 Å². The molecule has 0 aromatic heterocycles. The van der Waals surface area contributed by atoms with E-state index < -0.39 is 28.5 Å². The first kappa shape index (κ1) is 25.5. The van der Waals surface area contributed by atoms with Gasteiger partial charge in [-0.3, -0.25) is 4.79 Å². The Labute approximate surface area is 200 Å². The second kappa shape index (κ2) is 10.9. The van der Waals surface area contributed by atoms with E-state index in [0.717, 1.165) is 6.42 Å². The van der Waals surface area contributed by atoms with Crippen molar-refractivity contribution < 1.29 is 32.2 Å². The molecule has 1 heterocycles. The van der Waals surface area contributed by atoms with Crippen molar-refractivity contribution in [2.75, 3.05) is 39.2 Å². The number of carbonyl (C=O) groups excluding carboxylic acids is 2. The first-order valence-corrected chi connectivity index (χ1v) is 12.4. The molecule has 3 rings (SSSR count). The first-order valence-electron chi connectivity index (χ1n) is 10.9. The number of nitrogens with one attached hydrogen (secondary N) is 1. The van der Waals surface area contributed by atoms with Crippen LogP contribution in [0, 0.1) is 11.8 Å². The molecular weight excluding hydrogens is 460 g/mol. The summed E-state index contributed by atoms with van der Waals surface area (Å²) in [7, 11) is -0.778. The molecule has 1 aliphatic heterocycles. The molecule has 2 aromatic rings. The van der Waals surface area contributed by atoms with Crippen LogP contribution in [-0.4, -0.2) is 58.5 Å². The van der Waals surface area contributed by atoms with Gasteiger partial charge in [0.1, 0.15) is 11.5 Å². The van der Waals surface area contributed by atoms with E-state index in [0.29, 0.717) is 30.3 Å². The van der Waals surface area contributed by atoms with Gasteiger partial charge in [0, 0.05) is 19.2 Å². The van der Waals surface area contributed by atoms with E-state index >= 15 is 0 Å². The van der Waals surface area contributed by atoms with E-state index in [1.54, 1.807) is 18.2 Å². The maximum absolute atomic E-state index is 13.1. The van der Waals surface area contributed by atoms with Crippen molar-refractivity contribution in [1.82, 2.24) is 4.31 Å². The van der Waals surface area contributed by atoms with Crippen LogP contribution in [0.15, 0.2) is 47.4 Å². The minimum Gasteiger partial charge on any atom is -0.497 e. The monoisotopic (exact) mass is 490 g/mol. The maximum Gasteiger partial charge on any atom is 0.338 e. The molecular formula is C24H30N2O7S. The van der Waals surface area contributed by atoms with Gasteiger partial charge >= 0.3 is 5.97 Å². The minimum absolute atomic E-state index is 0.0238. The maximum atomic E-state index is 13.1. The molecule has 0 radical (unpaired) electrons. The highest BCUT2D eigenvalue weighted by molar-refractivity contribution is 7.89. The number of methoxy groups -OCH3 is 2. The van der Waals surface area contributed by atoms with Crippen molar-refractivity contribution >= 4 is 27.6 Å². The number of anilines is 1. The Hall–Kier alpha value is -3.11. The summed E-state index contributed by atoms with van der Waals surface area (Å²) in [6.07, 6.45) is 0.975. The molecule has 0 bridgehead atoms. The summed E-state index contributed by atoms with van der Waals surface area (Å²) < 4.78 is 43.1. The van der Waals surface area contributed by atoms with Gasteiger partial charge in [0.25, 0.3) is 5.91 Å². The highest BCUT2D eigenvalue weighted by Gasteiger charge is 2.32. The van der Waals surface area contributed by atoms with Crippen LogP contribution in [-0.2, 0) is 19.6 Å². The number of piperidine rings is 1. The normalized spacial score (nSPS) is 18.7. The fourth-order valence-corrected chi connectivity index (χ4v) is 5.76. The summed E-state index contributed by atoms with van der Waals surface area (Å²) in [5.74, 6) is 0.0954. The Morgan fingerprint density at radius 3 is 2.38 bits per heavy atom. The van der Waals surface area contributed by atoms with Crippen molar-refractivity contribution in [1.29, 1.82) is 0 Å². The molecule has 0 unspecified atom stereocenters. The van der Waals surface area contributed by atoms with Gasteiger partial charge in [0.05, 0.1) is 30.4 Å². The quantitative estimate of drug-likeness (QED) is 0.566. The molecule has 34 heavy (non-hydrogen) atoms. The summed E-state index contributed by atoms with van der Waals surface area (Å²) in [4.78, 5) is 24.8. The number of ether oxygens (including phenoxy) is 3. The second-order valence-electron chi connectivity index (χ2n) is 8.49. The number of rotatable bonds is 8. The number of sulfonamides is 1. The Morgan fingerprint density at radius 2 is 1.74 bits per heavy atom. The van der Waals surface area contributed by atoms with Gasteiger partial charge in [-0.15, -0.1) is 0 Å². The lowest BCUT2D eigenvalue weighted by molar-refractivity contribution is -0.119. The van der Waals surface area contributed by atoms with Crippen molar-refractivity contribution in [2.24, 2.45) is 11.8 Å². The zero-order valence-corrected chi connectivity index (χ0v) is 20.6. The Bertz CT molecular complexity index is 1140. The third-order valence-corrected chi connectivity index (χ3v) is 7.39. The highest BCUT2D eigenvalue weighted by Crippen LogP contribution is 2.29. The molecule has 184 valence electrons. The van der Waals surface area contributed by atoms with Gasteiger partial charge in [-0.25, -0.2) is 13.2 Å². The van der Waals surface area contributed by atoms with E-state index in [1.807, 2.05) is 13.8 Å². The van der Waals surface area contributed by atoms with Crippen LogP contribution in [0.5, 0.6) is 11.5 Å². The fourth-order valence-electron chi connectivity index (χ4n) is 4.04. The third kappa shape index (κ3) is 6.06. The van der Waals surface area contributed by atoms with Gasteiger partial charge in [0.2, 0.25) is 10.0 Å². The summed E-state index contributed by atoms with van der Waals surface area (Å²) >= 11 is 0. The van der Waals surface area contributed by atoms with Crippen LogP contribution in [0.25, 0.3) is 0 Å². The van der Waals surface area contributed by atoms with E-state index in [-0.39, 0.29) is 22.3 Å². The number of amides is 1. The van der Waals surface area contributed by atoms with Crippen LogP contribution in [0.4, 0.5) is 5.69 Å². The number of benzene rings is 2. The van der Waals surface area contributed by atoms with E-state index in [4.69, 9.17) is 14.2 Å². The second-order valence-corrected chi connectivity index (χ2v) is 10.4. The average Bonchev–Trinajstić information content (AvgIpc) is 2.82. The standard InChI is InChI=1S/C24H30N2O7S/c1-16-10-17(2)14-26(13-16)34(29,30)20-7-5-6-18(11-20)24(28)33-15-23(27)25-21-9-8-19(31-3)12-22(21)32-4/h5-9,11-12,16-17H,10,13-15H2,1-4H3,(H,25,27)/t16-,17-/m1/s1. The molecule has 1 fully saturated rings. The van der Waals surface area contributed by atoms with E-state index in [9.17, 15) is 18.0 Å². The van der Waals surface area contributed by atoms with Crippen LogP contribution in [0.3, 0.4) is 0 Å². The van der Waals surface area contributed by atoms with E-state index in [2.05, 4.69) is 5.32 Å². The first-order chi connectivity index (χ1) is 16.1. The van der Waals surface area contributed by atoms with Crippen molar-refractivity contribution in [3.63, 3.8) is 0 Å². The van der Waals surface area contributed by atoms with Gasteiger partial charge in [-0.1, -0.05) is 19.9 Å². The molecule has 2 atom stereocenters. The molecule has 9 nitrogen and oxygen atoms in total. The largest absolute Gasteiger partial charge is 0.497 e. The van der Waals surface area contributed by atoms with Gasteiger partial charge in [-0.2, -0.15) is 4.31 Å². The minimum atomic E-state index is -3.75. The lowest BCUT2D eigenvalue weighted by Crippen LogP contribution is -2.42. The van der Waals surface area contributed by atoms with Crippen LogP contribution in [0.2, 0.25) is 0 Å². The van der Waals surface area contributed by atoms with Crippen molar-refractivity contribution in [2.45, 2.75) is 25.2 Å². The van der Waals surface area contributed by atoms with E-state index in [1.165, 1.54) is 42.8 Å². The fraction of sp³-hybridized carbons (Fsp3) is 0.417. The van der Waals surface area contributed by atoms with Gasteiger partial charge in [0.15, 0.2) is 6.61 Å². The molecule has 2 aromatic carbocycles. The zero-order chi connectivity index (χ0) is 24.9. The SMILES string of the molecule is COc1ccc(NC(=O)COC(=O)c2cccc(S(=O)(=O)N3C[C@H](C)C[C@@H](C)C3)c2)c(OC)c1. The molecule has 1 aliphatic rings. The number of hydrogen-bond acceptors (Lipinski definition) is 7. The lowest BCUT2D eigenvalue weighted by Gasteiger charge is -2.34. The molecule has 10 heteroatoms. The van der Waals surface area contributed by atoms with Crippen molar-refractivity contribution in [3.05, 3.63) is 48.0 Å². The molecule has 1 saturated heterocycles. The summed E-state index contributed by atoms with van der Waals surface area (Å²) in [5, 5.41) is 2.61. The van der Waals surface area contributed by atoms with Crippen LogP contribution >= 0.6 is 0 Å². The Morgan fingerprint density at radius 1 is 1.03 bits per heavy atom. The Balaban J connectivity index is 1.65. The summed E-state index contributed by atoms with van der Waals surface area (Å²) in [5.41, 5.74) is 0.441. The smallest absolute Gasteiger partial charge is 0.338 e. The number of carbonyl (C=O) groups is 2. The third-order valence-electron chi connectivity index (χ3n) is 5.56. The van der Waals surface area contributed by atoms with Crippen molar-refractivity contribution in [3.8, 4) is 11.5 Å². The van der Waals surface area contributed by atoms with Crippen LogP contribution < -0.4 is 14.8 Å². The zero-order valence-electron chi connectivity index (χ0n) is 19.7. The lowest BCUT2D eigenvalue weighted by atomic mass is 9.94. The molecule has 0 aliphatic carbocycles. The number of esters is 1. The summed E-state index contributed by atoms with van der Waals surface area (Å²) in [6, 6.07) is 10.5. The Kier molecular flexibility index (Phi) is 8.16. The number of hydrogen-bond donors (Lipinski definition) is 1. The van der Waals surface area contributed by atoms with Gasteiger partial charge in [-0.05, 0) is 48.6 Å². The molecule has 1 N–H and O–H groups in total. The summed E-state index contributed by atoms with van der Waals surface area (Å²) in [6.45, 7) is 4.38. The predicted octanol–water partition coefficient (Wildman–Crippen LogP) is 3.17. The van der Waals surface area contributed by atoms with Gasteiger partial charge < -0.3 is 19.5 Å². The predicted molar refractivity (Wildman–Crippen MR) is 127 cm³/mol. The molecule has 0 saturated carbocycles. The van der Waals surface area contributed by atoms with Crippen LogP contribution in [0.1, 0.15) is 30.6 Å². The highest BCUT2D eigenvalue weighted by atomic mass is 32.2. The molecule has 0 spiro atoms.